The van der Waals surface area contributed by atoms with E-state index in [1.165, 1.54) is 29.2 Å². The number of fused-ring (bicyclic) bond motifs is 2. The summed E-state index contributed by atoms with van der Waals surface area (Å²) in [6.07, 6.45) is -0.620. The van der Waals surface area contributed by atoms with E-state index < -0.39 is 30.0 Å². The molecule has 0 bridgehead atoms. The molecule has 3 aromatic carbocycles. The van der Waals surface area contributed by atoms with Gasteiger partial charge >= 0.3 is 12.1 Å². The van der Waals surface area contributed by atoms with E-state index >= 15 is 0 Å². The number of likely N-dealkylation sites (N-methyl/N-ethyl adjacent to an activating group) is 1. The molecule has 44 heavy (non-hydrogen) atoms. The number of anilines is 3. The number of hydrogen-bond acceptors (Lipinski definition) is 7. The number of ether oxygens (including phenoxy) is 3. The van der Waals surface area contributed by atoms with Crippen molar-refractivity contribution in [1.29, 1.82) is 0 Å². The minimum Gasteiger partial charge on any atom is -0.485 e. The second-order valence-electron chi connectivity index (χ2n) is 10.8. The second kappa shape index (κ2) is 13.1. The Balaban J connectivity index is 1.38. The summed E-state index contributed by atoms with van der Waals surface area (Å²) in [4.78, 5) is 42.8. The van der Waals surface area contributed by atoms with Crippen molar-refractivity contribution in [3.63, 3.8) is 0 Å². The third-order valence-corrected chi connectivity index (χ3v) is 7.47. The fraction of sp³-hybridized carbons (Fsp3) is 0.323. The lowest BCUT2D eigenvalue weighted by molar-refractivity contribution is 0.0373. The van der Waals surface area contributed by atoms with E-state index in [4.69, 9.17) is 14.2 Å². The van der Waals surface area contributed by atoms with E-state index in [0.29, 0.717) is 22.9 Å². The van der Waals surface area contributed by atoms with Gasteiger partial charge in [-0.05, 0) is 55.5 Å². The van der Waals surface area contributed by atoms with Crippen LogP contribution in [-0.2, 0) is 0 Å². The van der Waals surface area contributed by atoms with Gasteiger partial charge in [-0.1, -0.05) is 13.0 Å². The number of carbonyl (C=O) groups is 3. The predicted octanol–water partition coefficient (Wildman–Crippen LogP) is 4.58. The number of aliphatic hydroxyl groups is 1. The summed E-state index contributed by atoms with van der Waals surface area (Å²) in [7, 11) is 1.62. The van der Waals surface area contributed by atoms with Crippen molar-refractivity contribution in [2.75, 3.05) is 49.5 Å². The van der Waals surface area contributed by atoms with Crippen molar-refractivity contribution < 1.29 is 38.1 Å². The molecule has 2 heterocycles. The molecule has 0 radical (unpaired) electrons. The maximum Gasteiger partial charge on any atom is 0.323 e. The lowest BCUT2D eigenvalue weighted by atomic mass is 9.99. The Morgan fingerprint density at radius 2 is 1.77 bits per heavy atom. The Bertz CT molecular complexity index is 1540. The van der Waals surface area contributed by atoms with E-state index in [0.717, 1.165) is 0 Å². The van der Waals surface area contributed by atoms with Crippen molar-refractivity contribution in [1.82, 2.24) is 9.80 Å². The normalized spacial score (nSPS) is 17.8. The highest BCUT2D eigenvalue weighted by Crippen LogP contribution is 2.36. The zero-order valence-corrected chi connectivity index (χ0v) is 24.5. The van der Waals surface area contributed by atoms with Crippen molar-refractivity contribution in [3.05, 3.63) is 72.0 Å². The number of nitrogens with zero attached hydrogens (tertiary/aromatic N) is 2. The highest BCUT2D eigenvalue weighted by Gasteiger charge is 2.35. The zero-order valence-electron chi connectivity index (χ0n) is 24.5. The molecular weight excluding hydrogens is 573 g/mol. The molecule has 3 aromatic rings. The molecule has 0 spiro atoms. The second-order valence-corrected chi connectivity index (χ2v) is 10.8. The molecule has 2 aliphatic heterocycles. The SMILES string of the molecule is C[C@H]1CN([C@@H](C)CO)C(=O)c2cccc(NC(=O)Nc3ccc(F)cc3)c2O[C@H]1CN(C)C(=O)Nc1ccc2c(c1)OCO2. The molecule has 0 fully saturated rings. The number of carbonyl (C=O) groups excluding carboxylic acids is 3. The first-order chi connectivity index (χ1) is 21.1. The molecule has 5 amide bonds. The van der Waals surface area contributed by atoms with Gasteiger partial charge in [0.25, 0.3) is 5.91 Å². The van der Waals surface area contributed by atoms with Crippen molar-refractivity contribution in [2.45, 2.75) is 26.0 Å². The van der Waals surface area contributed by atoms with Crippen LogP contribution in [-0.4, -0.2) is 78.6 Å². The summed E-state index contributed by atoms with van der Waals surface area (Å²) in [5.74, 6) is 0.155. The lowest BCUT2D eigenvalue weighted by Gasteiger charge is -2.38. The van der Waals surface area contributed by atoms with E-state index in [2.05, 4.69) is 16.0 Å². The number of benzene rings is 3. The summed E-state index contributed by atoms with van der Waals surface area (Å²) in [6.45, 7) is 3.87. The van der Waals surface area contributed by atoms with E-state index in [1.54, 1.807) is 55.3 Å². The zero-order chi connectivity index (χ0) is 31.4. The number of urea groups is 2. The summed E-state index contributed by atoms with van der Waals surface area (Å²) in [6, 6.07) is 13.6. The van der Waals surface area contributed by atoms with Gasteiger partial charge in [0.2, 0.25) is 6.79 Å². The van der Waals surface area contributed by atoms with Crippen LogP contribution in [0.3, 0.4) is 0 Å². The van der Waals surface area contributed by atoms with E-state index in [9.17, 15) is 23.9 Å². The topological polar surface area (TPSA) is 142 Å². The van der Waals surface area contributed by atoms with Crippen molar-refractivity contribution >= 4 is 35.0 Å². The summed E-state index contributed by atoms with van der Waals surface area (Å²) < 4.78 is 30.5. The smallest absolute Gasteiger partial charge is 0.323 e. The Labute approximate surface area is 253 Å². The Hall–Kier alpha value is -5.04. The standard InChI is InChI=1S/C31H34FN5O7/c1-18-14-37(19(2)16-38)29(39)23-5-4-6-24(35-30(40)33-21-9-7-20(32)8-10-21)28(23)44-27(18)15-36(3)31(41)34-22-11-12-25-26(13-22)43-17-42-25/h4-13,18-19,27,38H,14-17H2,1-3H3,(H,34,41)(H2,33,35,40)/t18-,19-,27-/m0/s1. The fourth-order valence-electron chi connectivity index (χ4n) is 4.92. The monoisotopic (exact) mass is 607 g/mol. The van der Waals surface area contributed by atoms with Crippen molar-refractivity contribution in [2.24, 2.45) is 5.92 Å². The number of para-hydroxylation sites is 1. The maximum atomic E-state index is 13.7. The molecule has 12 nitrogen and oxygen atoms in total. The van der Waals surface area contributed by atoms with E-state index in [-0.39, 0.29) is 55.3 Å². The Kier molecular flexibility index (Phi) is 9.04. The average Bonchev–Trinajstić information content (AvgIpc) is 3.48. The van der Waals surface area contributed by atoms with Crippen LogP contribution in [0, 0.1) is 11.7 Å². The highest BCUT2D eigenvalue weighted by molar-refractivity contribution is 6.04. The third kappa shape index (κ3) is 6.78. The number of hydrogen-bond donors (Lipinski definition) is 4. The first-order valence-corrected chi connectivity index (χ1v) is 14.1. The quantitative estimate of drug-likeness (QED) is 0.308. The largest absolute Gasteiger partial charge is 0.485 e. The van der Waals surface area contributed by atoms with Crippen LogP contribution in [0.4, 0.5) is 31.0 Å². The number of aliphatic hydroxyl groups excluding tert-OH is 1. The van der Waals surface area contributed by atoms with Gasteiger partial charge in [-0.3, -0.25) is 4.79 Å². The van der Waals surface area contributed by atoms with Crippen LogP contribution < -0.4 is 30.2 Å². The fourth-order valence-corrected chi connectivity index (χ4v) is 4.92. The molecular formula is C31H34FN5O7. The maximum absolute atomic E-state index is 13.7. The number of rotatable bonds is 7. The molecule has 0 saturated carbocycles. The average molecular weight is 608 g/mol. The minimum atomic E-state index is -0.631. The molecule has 232 valence electrons. The van der Waals surface area contributed by atoms with Gasteiger partial charge in [0.1, 0.15) is 11.9 Å². The molecule has 13 heteroatoms. The van der Waals surface area contributed by atoms with Gasteiger partial charge < -0.3 is 45.1 Å². The first-order valence-electron chi connectivity index (χ1n) is 14.1. The highest BCUT2D eigenvalue weighted by atomic mass is 19.1. The molecule has 0 unspecified atom stereocenters. The molecule has 4 N–H and O–H groups in total. The third-order valence-electron chi connectivity index (χ3n) is 7.47. The summed E-state index contributed by atoms with van der Waals surface area (Å²) in [5, 5.41) is 18.1. The van der Waals surface area contributed by atoms with Crippen LogP contribution >= 0.6 is 0 Å². The molecule has 3 atom stereocenters. The molecule has 5 rings (SSSR count). The number of nitrogens with one attached hydrogen (secondary N) is 3. The lowest BCUT2D eigenvalue weighted by Crippen LogP contribution is -2.50. The summed E-state index contributed by atoms with van der Waals surface area (Å²) in [5.41, 5.74) is 1.30. The summed E-state index contributed by atoms with van der Waals surface area (Å²) >= 11 is 0. The Morgan fingerprint density at radius 1 is 1.05 bits per heavy atom. The predicted molar refractivity (Wildman–Crippen MR) is 161 cm³/mol. The van der Waals surface area contributed by atoms with Gasteiger partial charge in [0, 0.05) is 37.0 Å². The van der Waals surface area contributed by atoms with Crippen LogP contribution in [0.1, 0.15) is 24.2 Å². The van der Waals surface area contributed by atoms with Gasteiger partial charge in [-0.15, -0.1) is 0 Å². The molecule has 2 aliphatic rings. The van der Waals surface area contributed by atoms with Gasteiger partial charge in [-0.2, -0.15) is 0 Å². The van der Waals surface area contributed by atoms with E-state index in [1.807, 2.05) is 6.92 Å². The van der Waals surface area contributed by atoms with Gasteiger partial charge in [0.05, 0.1) is 30.4 Å². The molecule has 0 aliphatic carbocycles. The number of halogens is 1. The van der Waals surface area contributed by atoms with Crippen molar-refractivity contribution in [3.8, 4) is 17.2 Å². The molecule has 0 aromatic heterocycles. The van der Waals surface area contributed by atoms with Crippen LogP contribution in [0.25, 0.3) is 0 Å². The van der Waals surface area contributed by atoms with Crippen LogP contribution in [0.15, 0.2) is 60.7 Å². The first kappa shape index (κ1) is 30.4. The minimum absolute atomic E-state index is 0.115. The van der Waals surface area contributed by atoms with Gasteiger partial charge in [0.15, 0.2) is 17.2 Å². The van der Waals surface area contributed by atoms with Crippen LogP contribution in [0.5, 0.6) is 17.2 Å². The molecule has 0 saturated heterocycles. The van der Waals surface area contributed by atoms with Crippen LogP contribution in [0.2, 0.25) is 0 Å². The number of amides is 5. The van der Waals surface area contributed by atoms with Gasteiger partial charge in [-0.25, -0.2) is 14.0 Å². The Morgan fingerprint density at radius 3 is 2.52 bits per heavy atom.